The first kappa shape index (κ1) is 13.4. The van der Waals surface area contributed by atoms with Crippen molar-refractivity contribution in [1.29, 1.82) is 0 Å². The first-order valence-corrected chi connectivity index (χ1v) is 5.52. The predicted molar refractivity (Wildman–Crippen MR) is 63.6 cm³/mol. The third-order valence-corrected chi connectivity index (χ3v) is 2.26. The fourth-order valence-electron chi connectivity index (χ4n) is 1.23. The zero-order chi connectivity index (χ0) is 12.7. The molecule has 1 rings (SSSR count). The lowest BCUT2D eigenvalue weighted by atomic mass is 10.3. The average Bonchev–Trinajstić information content (AvgIpc) is 2.35. The maximum Gasteiger partial charge on any atom is 0.222 e. The van der Waals surface area contributed by atoms with Gasteiger partial charge in [0.1, 0.15) is 5.75 Å². The van der Waals surface area contributed by atoms with Crippen LogP contribution in [0.4, 0.5) is 0 Å². The van der Waals surface area contributed by atoms with Gasteiger partial charge in [-0.15, -0.1) is 0 Å². The molecule has 1 aromatic rings. The third kappa shape index (κ3) is 4.82. The molecule has 0 aliphatic rings. The number of aromatic nitrogens is 1. The van der Waals surface area contributed by atoms with Gasteiger partial charge in [0.2, 0.25) is 5.91 Å². The molecule has 0 aliphatic carbocycles. The minimum atomic E-state index is -0.0718. The molecule has 1 heterocycles. The number of carbonyl (C=O) groups is 1. The normalized spacial score (nSPS) is 10.1. The topological polar surface area (TPSA) is 62.7 Å². The molecule has 0 atom stereocenters. The lowest BCUT2D eigenvalue weighted by Gasteiger charge is -2.10. The minimum Gasteiger partial charge on any atom is -0.492 e. The first-order chi connectivity index (χ1) is 8.13. The van der Waals surface area contributed by atoms with Gasteiger partial charge in [0, 0.05) is 20.5 Å². The standard InChI is InChI=1S/C12H18N2O3/c1-14(2)12(16)4-3-7-17-11-6-5-10(9-15)13-8-11/h5-6,8,15H,3-4,7,9H2,1-2H3. The number of amides is 1. The van der Waals surface area contributed by atoms with E-state index in [0.717, 1.165) is 0 Å². The van der Waals surface area contributed by atoms with E-state index in [-0.39, 0.29) is 12.5 Å². The molecule has 0 radical (unpaired) electrons. The summed E-state index contributed by atoms with van der Waals surface area (Å²) < 4.78 is 5.42. The Morgan fingerprint density at radius 2 is 2.24 bits per heavy atom. The summed E-state index contributed by atoms with van der Waals surface area (Å²) in [6.45, 7) is 0.414. The van der Waals surface area contributed by atoms with Crippen LogP contribution in [0.25, 0.3) is 0 Å². The highest BCUT2D eigenvalue weighted by Crippen LogP contribution is 2.09. The average molecular weight is 238 g/mol. The van der Waals surface area contributed by atoms with Crippen molar-refractivity contribution in [2.45, 2.75) is 19.4 Å². The van der Waals surface area contributed by atoms with Gasteiger partial charge in [0.25, 0.3) is 0 Å². The van der Waals surface area contributed by atoms with Crippen LogP contribution in [0, 0.1) is 0 Å². The number of rotatable bonds is 6. The molecular weight excluding hydrogens is 220 g/mol. The van der Waals surface area contributed by atoms with Crippen LogP contribution in [0.3, 0.4) is 0 Å². The second-order valence-electron chi connectivity index (χ2n) is 3.88. The van der Waals surface area contributed by atoms with E-state index in [4.69, 9.17) is 9.84 Å². The molecule has 0 saturated carbocycles. The molecule has 17 heavy (non-hydrogen) atoms. The number of ether oxygens (including phenoxy) is 1. The Balaban J connectivity index is 2.24. The van der Waals surface area contributed by atoms with Gasteiger partial charge >= 0.3 is 0 Å². The summed E-state index contributed by atoms with van der Waals surface area (Å²) in [6, 6.07) is 3.46. The van der Waals surface area contributed by atoms with Crippen molar-refractivity contribution in [1.82, 2.24) is 9.88 Å². The molecule has 5 heteroatoms. The first-order valence-electron chi connectivity index (χ1n) is 5.52. The van der Waals surface area contributed by atoms with E-state index in [0.29, 0.717) is 30.9 Å². The summed E-state index contributed by atoms with van der Waals surface area (Å²) in [6.07, 6.45) is 2.73. The minimum absolute atomic E-state index is 0.0718. The Labute approximate surface area is 101 Å². The van der Waals surface area contributed by atoms with E-state index in [1.54, 1.807) is 37.3 Å². The van der Waals surface area contributed by atoms with Gasteiger partial charge in [-0.1, -0.05) is 0 Å². The highest BCUT2D eigenvalue weighted by atomic mass is 16.5. The molecule has 0 aliphatic heterocycles. The van der Waals surface area contributed by atoms with Gasteiger partial charge in [-0.25, -0.2) is 0 Å². The van der Waals surface area contributed by atoms with Crippen molar-refractivity contribution in [2.75, 3.05) is 20.7 Å². The number of nitrogens with zero attached hydrogens (tertiary/aromatic N) is 2. The van der Waals surface area contributed by atoms with Crippen LogP contribution >= 0.6 is 0 Å². The van der Waals surface area contributed by atoms with E-state index in [2.05, 4.69) is 4.98 Å². The molecule has 0 saturated heterocycles. The Morgan fingerprint density at radius 1 is 1.47 bits per heavy atom. The highest BCUT2D eigenvalue weighted by Gasteiger charge is 2.03. The molecule has 0 unspecified atom stereocenters. The summed E-state index contributed by atoms with van der Waals surface area (Å²) in [5.74, 6) is 0.752. The zero-order valence-electron chi connectivity index (χ0n) is 10.2. The Morgan fingerprint density at radius 3 is 2.76 bits per heavy atom. The number of hydrogen-bond acceptors (Lipinski definition) is 4. The van der Waals surface area contributed by atoms with Crippen molar-refractivity contribution < 1.29 is 14.6 Å². The molecule has 0 fully saturated rings. The van der Waals surface area contributed by atoms with Crippen LogP contribution in [0.2, 0.25) is 0 Å². The maximum absolute atomic E-state index is 11.3. The molecule has 0 bridgehead atoms. The smallest absolute Gasteiger partial charge is 0.222 e. The summed E-state index contributed by atoms with van der Waals surface area (Å²) >= 11 is 0. The summed E-state index contributed by atoms with van der Waals surface area (Å²) in [4.78, 5) is 16.8. The van der Waals surface area contributed by atoms with Crippen LogP contribution in [-0.4, -0.2) is 41.6 Å². The Bertz CT molecular complexity index is 349. The number of aliphatic hydroxyl groups excluding tert-OH is 1. The Hall–Kier alpha value is -1.62. The lowest BCUT2D eigenvalue weighted by molar-refractivity contribution is -0.128. The number of pyridine rings is 1. The van der Waals surface area contributed by atoms with Crippen LogP contribution in [0.1, 0.15) is 18.5 Å². The van der Waals surface area contributed by atoms with Gasteiger partial charge in [-0.3, -0.25) is 9.78 Å². The summed E-state index contributed by atoms with van der Waals surface area (Å²) in [7, 11) is 3.47. The van der Waals surface area contributed by atoms with Crippen molar-refractivity contribution in [3.63, 3.8) is 0 Å². The number of carbonyl (C=O) groups excluding carboxylic acids is 1. The molecule has 5 nitrogen and oxygen atoms in total. The monoisotopic (exact) mass is 238 g/mol. The number of hydrogen-bond donors (Lipinski definition) is 1. The second-order valence-corrected chi connectivity index (χ2v) is 3.88. The van der Waals surface area contributed by atoms with E-state index >= 15 is 0 Å². The van der Waals surface area contributed by atoms with Gasteiger partial charge in [-0.2, -0.15) is 0 Å². The van der Waals surface area contributed by atoms with Crippen molar-refractivity contribution in [3.05, 3.63) is 24.0 Å². The fourth-order valence-corrected chi connectivity index (χ4v) is 1.23. The fraction of sp³-hybridized carbons (Fsp3) is 0.500. The molecule has 0 spiro atoms. The van der Waals surface area contributed by atoms with Crippen LogP contribution in [0.5, 0.6) is 5.75 Å². The maximum atomic E-state index is 11.3. The van der Waals surface area contributed by atoms with E-state index in [9.17, 15) is 4.79 Å². The van der Waals surface area contributed by atoms with Gasteiger partial charge in [0.05, 0.1) is 25.1 Å². The van der Waals surface area contributed by atoms with E-state index < -0.39 is 0 Å². The van der Waals surface area contributed by atoms with E-state index in [1.807, 2.05) is 0 Å². The second kappa shape index (κ2) is 6.85. The molecule has 1 amide bonds. The van der Waals surface area contributed by atoms with Gasteiger partial charge in [0.15, 0.2) is 0 Å². The van der Waals surface area contributed by atoms with Gasteiger partial charge < -0.3 is 14.7 Å². The highest BCUT2D eigenvalue weighted by molar-refractivity contribution is 5.75. The molecule has 1 N–H and O–H groups in total. The van der Waals surface area contributed by atoms with Crippen LogP contribution < -0.4 is 4.74 Å². The molecule has 0 aromatic carbocycles. The number of aliphatic hydroxyl groups is 1. The third-order valence-electron chi connectivity index (χ3n) is 2.26. The SMILES string of the molecule is CN(C)C(=O)CCCOc1ccc(CO)nc1. The van der Waals surface area contributed by atoms with Crippen molar-refractivity contribution in [2.24, 2.45) is 0 Å². The predicted octanol–water partition coefficient (Wildman–Crippen LogP) is 0.821. The Kier molecular flexibility index (Phi) is 5.42. The van der Waals surface area contributed by atoms with Gasteiger partial charge in [-0.05, 0) is 18.6 Å². The van der Waals surface area contributed by atoms with Crippen LogP contribution in [0.15, 0.2) is 18.3 Å². The lowest BCUT2D eigenvalue weighted by Crippen LogP contribution is -2.21. The largest absolute Gasteiger partial charge is 0.492 e. The summed E-state index contributed by atoms with van der Waals surface area (Å²) in [5.41, 5.74) is 0.611. The summed E-state index contributed by atoms with van der Waals surface area (Å²) in [5, 5.41) is 8.81. The molecule has 1 aromatic heterocycles. The van der Waals surface area contributed by atoms with Crippen molar-refractivity contribution >= 4 is 5.91 Å². The van der Waals surface area contributed by atoms with Crippen LogP contribution in [-0.2, 0) is 11.4 Å². The quantitative estimate of drug-likeness (QED) is 0.745. The zero-order valence-corrected chi connectivity index (χ0v) is 10.2. The van der Waals surface area contributed by atoms with E-state index in [1.165, 1.54) is 0 Å². The molecular formula is C12H18N2O3. The van der Waals surface area contributed by atoms with Crippen molar-refractivity contribution in [3.8, 4) is 5.75 Å². The molecule has 94 valence electrons.